The second-order valence-electron chi connectivity index (χ2n) is 6.99. The van der Waals surface area contributed by atoms with E-state index in [1.807, 2.05) is 0 Å². The van der Waals surface area contributed by atoms with Crippen LogP contribution in [-0.4, -0.2) is 70.5 Å². The van der Waals surface area contributed by atoms with Crippen LogP contribution in [0.25, 0.3) is 0 Å². The summed E-state index contributed by atoms with van der Waals surface area (Å²) in [6.07, 6.45) is -7.66. The van der Waals surface area contributed by atoms with Gasteiger partial charge in [-0.15, -0.1) is 0 Å². The third kappa shape index (κ3) is 5.35. The van der Waals surface area contributed by atoms with Gasteiger partial charge in [0.1, 0.15) is 0 Å². The molecule has 1 aromatic rings. The van der Waals surface area contributed by atoms with Gasteiger partial charge in [-0.1, -0.05) is 0 Å². The van der Waals surface area contributed by atoms with Gasteiger partial charge in [0.2, 0.25) is 11.9 Å². The van der Waals surface area contributed by atoms with Gasteiger partial charge in [-0.05, 0) is 6.07 Å². The number of ether oxygens (including phenoxy) is 4. The van der Waals surface area contributed by atoms with Crippen LogP contribution >= 0.6 is 0 Å². The smallest absolute Gasteiger partial charge is 0.337 e. The summed E-state index contributed by atoms with van der Waals surface area (Å²) in [5, 5.41) is 35.0. The number of hydrogen-bond acceptors (Lipinski definition) is 12. The molecule has 0 aromatic heterocycles. The molecule has 14 nitrogen and oxygen atoms in total. The van der Waals surface area contributed by atoms with E-state index in [1.54, 1.807) is 0 Å². The molecule has 1 aromatic carbocycles. The molecular formula is C19H22N2O12. The molecule has 1 heterocycles. The number of esters is 3. The number of carboxylic acid groups (broad SMARTS) is 1. The van der Waals surface area contributed by atoms with Crippen LogP contribution in [0, 0.1) is 10.1 Å². The molecule has 0 bridgehead atoms. The number of aliphatic hydroxyl groups is 1. The van der Waals surface area contributed by atoms with Crippen molar-refractivity contribution in [3.05, 3.63) is 33.9 Å². The molecule has 14 heteroatoms. The quantitative estimate of drug-likeness (QED) is 0.209. The fraction of sp³-hybridized carbons (Fsp3) is 0.474. The molecule has 0 amide bonds. The minimum Gasteiger partial charge on any atom is -0.479 e. The number of carboxylic acids is 1. The van der Waals surface area contributed by atoms with Crippen molar-refractivity contribution in [1.29, 1.82) is 0 Å². The summed E-state index contributed by atoms with van der Waals surface area (Å²) in [6, 6.07) is 3.07. The lowest BCUT2D eigenvalue weighted by atomic mass is 9.86. The van der Waals surface area contributed by atoms with Crippen LogP contribution in [-0.2, 0) is 43.9 Å². The van der Waals surface area contributed by atoms with Gasteiger partial charge in [-0.2, -0.15) is 0 Å². The van der Waals surface area contributed by atoms with E-state index in [1.165, 1.54) is 7.05 Å². The number of benzene rings is 1. The topological polar surface area (TPSA) is 201 Å². The van der Waals surface area contributed by atoms with E-state index in [0.717, 1.165) is 39.0 Å². The Morgan fingerprint density at radius 1 is 1.06 bits per heavy atom. The number of non-ortho nitro benzene ring substituents is 1. The fourth-order valence-corrected chi connectivity index (χ4v) is 3.43. The first-order chi connectivity index (χ1) is 15.3. The maximum absolute atomic E-state index is 11.9. The zero-order valence-electron chi connectivity index (χ0n) is 18.0. The van der Waals surface area contributed by atoms with Gasteiger partial charge in [0, 0.05) is 51.2 Å². The maximum Gasteiger partial charge on any atom is 0.337 e. The first-order valence-electron chi connectivity index (χ1n) is 9.43. The number of anilines is 1. The molecular weight excluding hydrogens is 448 g/mol. The van der Waals surface area contributed by atoms with Crippen molar-refractivity contribution in [2.75, 3.05) is 12.4 Å². The highest BCUT2D eigenvalue weighted by atomic mass is 16.7. The number of nitrogens with one attached hydrogen (secondary N) is 1. The monoisotopic (exact) mass is 470 g/mol. The van der Waals surface area contributed by atoms with Crippen molar-refractivity contribution < 1.29 is 53.3 Å². The standard InChI is InChI=1S/C19H22N2O12/c1-8(22)30-14-15(31-9(2)23)17(32-10(3)24)19(27,33-16(14)18(25)26)12-6-5-11(21(28)29)7-13(12)20-4/h5-7,14-17,20,27H,1-4H3,(H,25,26)/t14-,15-,16-,17+,19+/m0/s1. The van der Waals surface area contributed by atoms with Gasteiger partial charge in [0.25, 0.3) is 5.69 Å². The third-order valence-electron chi connectivity index (χ3n) is 4.62. The summed E-state index contributed by atoms with van der Waals surface area (Å²) < 4.78 is 20.7. The van der Waals surface area contributed by atoms with Crippen LogP contribution in [0.2, 0.25) is 0 Å². The van der Waals surface area contributed by atoms with E-state index in [0.29, 0.717) is 0 Å². The molecule has 1 aliphatic rings. The molecule has 0 saturated carbocycles. The Kier molecular flexibility index (Phi) is 7.56. The molecule has 1 fully saturated rings. The summed E-state index contributed by atoms with van der Waals surface area (Å²) in [7, 11) is 1.36. The average molecular weight is 470 g/mol. The van der Waals surface area contributed by atoms with Gasteiger partial charge < -0.3 is 34.5 Å². The summed E-state index contributed by atoms with van der Waals surface area (Å²) in [5.74, 6) is -7.43. The predicted octanol–water partition coefficient (Wildman–Crippen LogP) is 0.0601. The molecule has 180 valence electrons. The van der Waals surface area contributed by atoms with Crippen molar-refractivity contribution in [3.8, 4) is 0 Å². The molecule has 0 spiro atoms. The predicted molar refractivity (Wildman–Crippen MR) is 106 cm³/mol. The lowest BCUT2D eigenvalue weighted by Gasteiger charge is -2.48. The lowest BCUT2D eigenvalue weighted by molar-refractivity contribution is -0.385. The lowest BCUT2D eigenvalue weighted by Crippen LogP contribution is -2.67. The largest absolute Gasteiger partial charge is 0.479 e. The second-order valence-corrected chi connectivity index (χ2v) is 6.99. The molecule has 0 unspecified atom stereocenters. The zero-order chi connectivity index (χ0) is 25.1. The Bertz CT molecular complexity index is 980. The Hall–Kier alpha value is -3.78. The Morgan fingerprint density at radius 2 is 1.61 bits per heavy atom. The van der Waals surface area contributed by atoms with E-state index < -0.39 is 59.0 Å². The van der Waals surface area contributed by atoms with Crippen molar-refractivity contribution in [2.45, 2.75) is 51.0 Å². The highest BCUT2D eigenvalue weighted by Crippen LogP contribution is 2.44. The van der Waals surface area contributed by atoms with Gasteiger partial charge in [-0.25, -0.2) is 4.79 Å². The van der Waals surface area contributed by atoms with Crippen molar-refractivity contribution in [3.63, 3.8) is 0 Å². The number of nitro groups is 1. The Morgan fingerprint density at radius 3 is 2.06 bits per heavy atom. The zero-order valence-corrected chi connectivity index (χ0v) is 18.0. The van der Waals surface area contributed by atoms with Crippen LogP contribution in [0.1, 0.15) is 26.3 Å². The number of rotatable bonds is 7. The first kappa shape index (κ1) is 25.5. The van der Waals surface area contributed by atoms with Crippen molar-refractivity contribution >= 4 is 35.3 Å². The van der Waals surface area contributed by atoms with Crippen molar-refractivity contribution in [2.24, 2.45) is 0 Å². The van der Waals surface area contributed by atoms with Crippen LogP contribution < -0.4 is 5.32 Å². The highest BCUT2D eigenvalue weighted by molar-refractivity contribution is 5.76. The molecule has 0 radical (unpaired) electrons. The van der Waals surface area contributed by atoms with Crippen LogP contribution in [0.5, 0.6) is 0 Å². The fourth-order valence-electron chi connectivity index (χ4n) is 3.43. The van der Waals surface area contributed by atoms with Crippen LogP contribution in [0.4, 0.5) is 11.4 Å². The summed E-state index contributed by atoms with van der Waals surface area (Å²) >= 11 is 0. The summed E-state index contributed by atoms with van der Waals surface area (Å²) in [5.41, 5.74) is -0.734. The summed E-state index contributed by atoms with van der Waals surface area (Å²) in [6.45, 7) is 2.88. The Balaban J connectivity index is 2.78. The number of aliphatic carboxylic acids is 1. The molecule has 1 aliphatic heterocycles. The number of carbonyl (C=O) groups excluding carboxylic acids is 3. The molecule has 3 N–H and O–H groups in total. The molecule has 1 saturated heterocycles. The summed E-state index contributed by atoms with van der Waals surface area (Å²) in [4.78, 5) is 57.6. The first-order valence-corrected chi connectivity index (χ1v) is 9.43. The third-order valence-corrected chi connectivity index (χ3v) is 4.62. The van der Waals surface area contributed by atoms with E-state index in [-0.39, 0.29) is 16.9 Å². The minimum absolute atomic E-state index is 0.0829. The van der Waals surface area contributed by atoms with Crippen LogP contribution in [0.3, 0.4) is 0 Å². The van der Waals surface area contributed by atoms with Crippen molar-refractivity contribution in [1.82, 2.24) is 0 Å². The minimum atomic E-state index is -2.81. The molecule has 0 aliphatic carbocycles. The van der Waals surface area contributed by atoms with E-state index in [4.69, 9.17) is 18.9 Å². The number of nitro benzene ring substituents is 1. The second kappa shape index (κ2) is 9.79. The van der Waals surface area contributed by atoms with E-state index in [2.05, 4.69) is 5.32 Å². The van der Waals surface area contributed by atoms with Gasteiger partial charge >= 0.3 is 23.9 Å². The molecule has 2 rings (SSSR count). The SMILES string of the molecule is CNc1cc([N+](=O)[O-])ccc1[C@@]1(O)O[C@H](C(=O)O)[C@@H](OC(C)=O)[C@H](OC(C)=O)[C@H]1OC(C)=O. The Labute approximate surface area is 186 Å². The number of hydrogen-bond donors (Lipinski definition) is 3. The normalized spacial score (nSPS) is 26.6. The van der Waals surface area contributed by atoms with Gasteiger partial charge in [0.15, 0.2) is 18.3 Å². The molecule has 5 atom stereocenters. The van der Waals surface area contributed by atoms with Gasteiger partial charge in [-0.3, -0.25) is 24.5 Å². The average Bonchev–Trinajstić information content (AvgIpc) is 2.70. The van der Waals surface area contributed by atoms with Crippen LogP contribution in [0.15, 0.2) is 18.2 Å². The highest BCUT2D eigenvalue weighted by Gasteiger charge is 2.62. The maximum atomic E-state index is 11.9. The van der Waals surface area contributed by atoms with E-state index >= 15 is 0 Å². The van der Waals surface area contributed by atoms with Gasteiger partial charge in [0.05, 0.1) is 4.92 Å². The number of nitrogens with zero attached hydrogens (tertiary/aromatic N) is 1. The van der Waals surface area contributed by atoms with E-state index in [9.17, 15) is 39.5 Å². The molecule has 33 heavy (non-hydrogen) atoms. The number of carbonyl (C=O) groups is 4.